The Balaban J connectivity index is 2.69. The van der Waals surface area contributed by atoms with Crippen molar-refractivity contribution in [2.45, 2.75) is 20.3 Å². The third kappa shape index (κ3) is 4.19. The van der Waals surface area contributed by atoms with E-state index in [0.717, 1.165) is 31.7 Å². The molecule has 0 aromatic carbocycles. The van der Waals surface area contributed by atoms with Crippen molar-refractivity contribution in [2.24, 2.45) is 0 Å². The first-order chi connectivity index (χ1) is 8.23. The second-order valence-electron chi connectivity index (χ2n) is 3.67. The predicted octanol–water partition coefficient (Wildman–Crippen LogP) is 1.38. The Kier molecular flexibility index (Phi) is 5.69. The van der Waals surface area contributed by atoms with Crippen LogP contribution in [0.2, 0.25) is 0 Å². The maximum atomic E-state index is 5.11. The Morgan fingerprint density at radius 1 is 1.12 bits per heavy atom. The molecule has 17 heavy (non-hydrogen) atoms. The Morgan fingerprint density at radius 2 is 1.82 bits per heavy atom. The zero-order chi connectivity index (χ0) is 12.7. The lowest BCUT2D eigenvalue weighted by molar-refractivity contribution is 0.304. The van der Waals surface area contributed by atoms with Crippen molar-refractivity contribution in [1.82, 2.24) is 14.9 Å². The van der Waals surface area contributed by atoms with Gasteiger partial charge in [-0.3, -0.25) is 0 Å². The lowest BCUT2D eigenvalue weighted by Gasteiger charge is -2.17. The smallest absolute Gasteiger partial charge is 0.319 e. The number of aromatic nitrogens is 2. The zero-order valence-corrected chi connectivity index (χ0v) is 11.1. The summed E-state index contributed by atoms with van der Waals surface area (Å²) in [4.78, 5) is 10.7. The summed E-state index contributed by atoms with van der Waals surface area (Å²) >= 11 is 0. The Bertz CT molecular complexity index is 318. The first-order valence-electron chi connectivity index (χ1n) is 5.91. The van der Waals surface area contributed by atoms with Crippen molar-refractivity contribution in [2.75, 3.05) is 33.9 Å². The number of ether oxygens (including phenoxy) is 2. The van der Waals surface area contributed by atoms with Gasteiger partial charge < -0.3 is 14.4 Å². The van der Waals surface area contributed by atoms with E-state index < -0.39 is 0 Å². The maximum absolute atomic E-state index is 5.11. The van der Waals surface area contributed by atoms with Gasteiger partial charge in [-0.15, -0.1) is 0 Å². The molecule has 1 aromatic rings. The highest BCUT2D eigenvalue weighted by atomic mass is 16.5. The van der Waals surface area contributed by atoms with Crippen molar-refractivity contribution in [3.05, 3.63) is 11.8 Å². The molecule has 1 rings (SSSR count). The molecule has 0 bridgehead atoms. The van der Waals surface area contributed by atoms with E-state index in [4.69, 9.17) is 9.47 Å². The molecule has 5 nitrogen and oxygen atoms in total. The molecule has 0 radical (unpaired) electrons. The van der Waals surface area contributed by atoms with Crippen LogP contribution in [0.1, 0.15) is 19.5 Å². The Labute approximate surface area is 103 Å². The van der Waals surface area contributed by atoms with Crippen molar-refractivity contribution in [1.29, 1.82) is 0 Å². The molecule has 1 heterocycles. The molecule has 0 spiro atoms. The third-order valence-electron chi connectivity index (χ3n) is 2.71. The monoisotopic (exact) mass is 239 g/mol. The van der Waals surface area contributed by atoms with Gasteiger partial charge in [-0.1, -0.05) is 13.8 Å². The SMILES string of the molecule is CCN(CC)CCc1cc(OC)nc(OC)n1. The van der Waals surface area contributed by atoms with Crippen LogP contribution in [0.3, 0.4) is 0 Å². The molecular weight excluding hydrogens is 218 g/mol. The van der Waals surface area contributed by atoms with E-state index in [-0.39, 0.29) is 0 Å². The number of nitrogens with zero attached hydrogens (tertiary/aromatic N) is 3. The number of rotatable bonds is 7. The van der Waals surface area contributed by atoms with Gasteiger partial charge in [0.15, 0.2) is 0 Å². The van der Waals surface area contributed by atoms with Crippen molar-refractivity contribution in [3.63, 3.8) is 0 Å². The molecule has 0 aliphatic carbocycles. The highest BCUT2D eigenvalue weighted by Gasteiger charge is 2.06. The van der Waals surface area contributed by atoms with E-state index in [9.17, 15) is 0 Å². The molecule has 96 valence electrons. The largest absolute Gasteiger partial charge is 0.481 e. The summed E-state index contributed by atoms with van der Waals surface area (Å²) in [6, 6.07) is 2.21. The van der Waals surface area contributed by atoms with Crippen LogP contribution in [0, 0.1) is 0 Å². The fourth-order valence-electron chi connectivity index (χ4n) is 1.59. The molecule has 0 N–H and O–H groups in total. The fraction of sp³-hybridized carbons (Fsp3) is 0.667. The number of hydrogen-bond donors (Lipinski definition) is 0. The maximum Gasteiger partial charge on any atom is 0.319 e. The number of likely N-dealkylation sites (N-methyl/N-ethyl adjacent to an activating group) is 1. The summed E-state index contributed by atoms with van der Waals surface area (Å²) in [5, 5.41) is 0. The van der Waals surface area contributed by atoms with Gasteiger partial charge in [0.1, 0.15) is 0 Å². The van der Waals surface area contributed by atoms with Gasteiger partial charge in [0.25, 0.3) is 0 Å². The second-order valence-corrected chi connectivity index (χ2v) is 3.67. The molecule has 1 aromatic heterocycles. The van der Waals surface area contributed by atoms with Gasteiger partial charge >= 0.3 is 6.01 Å². The first-order valence-corrected chi connectivity index (χ1v) is 5.91. The molecular formula is C12H21N3O2. The van der Waals surface area contributed by atoms with Gasteiger partial charge in [0.2, 0.25) is 5.88 Å². The third-order valence-corrected chi connectivity index (χ3v) is 2.71. The highest BCUT2D eigenvalue weighted by Crippen LogP contribution is 2.13. The van der Waals surface area contributed by atoms with E-state index in [1.54, 1.807) is 14.2 Å². The Hall–Kier alpha value is -1.36. The summed E-state index contributed by atoms with van der Waals surface area (Å²) in [6.45, 7) is 7.40. The summed E-state index contributed by atoms with van der Waals surface area (Å²) in [6.07, 6.45) is 0.872. The molecule has 0 saturated heterocycles. The van der Waals surface area contributed by atoms with Crippen LogP contribution < -0.4 is 9.47 Å². The van der Waals surface area contributed by atoms with Crippen LogP contribution in [0.25, 0.3) is 0 Å². The Morgan fingerprint density at radius 3 is 2.35 bits per heavy atom. The molecule has 0 fully saturated rings. The normalized spacial score (nSPS) is 10.6. The van der Waals surface area contributed by atoms with Crippen LogP contribution in [0.4, 0.5) is 0 Å². The average Bonchev–Trinajstić information content (AvgIpc) is 2.39. The molecule has 0 amide bonds. The van der Waals surface area contributed by atoms with Crippen LogP contribution in [0.15, 0.2) is 6.07 Å². The van der Waals surface area contributed by atoms with E-state index in [2.05, 4.69) is 28.7 Å². The minimum absolute atomic E-state index is 0.360. The van der Waals surface area contributed by atoms with Crippen LogP contribution in [-0.2, 0) is 6.42 Å². The van der Waals surface area contributed by atoms with Crippen LogP contribution >= 0.6 is 0 Å². The van der Waals surface area contributed by atoms with E-state index in [0.29, 0.717) is 11.9 Å². The molecule has 0 unspecified atom stereocenters. The average molecular weight is 239 g/mol. The van der Waals surface area contributed by atoms with E-state index in [1.807, 2.05) is 6.07 Å². The molecule has 5 heteroatoms. The summed E-state index contributed by atoms with van der Waals surface area (Å²) in [5.74, 6) is 0.548. The minimum Gasteiger partial charge on any atom is -0.481 e. The topological polar surface area (TPSA) is 47.5 Å². The van der Waals surface area contributed by atoms with Gasteiger partial charge in [-0.2, -0.15) is 9.97 Å². The predicted molar refractivity (Wildman–Crippen MR) is 66.6 cm³/mol. The van der Waals surface area contributed by atoms with Gasteiger partial charge in [-0.25, -0.2) is 0 Å². The summed E-state index contributed by atoms with van der Waals surface area (Å²) in [5.41, 5.74) is 0.945. The molecule has 0 aliphatic heterocycles. The summed E-state index contributed by atoms with van der Waals surface area (Å²) in [7, 11) is 3.15. The van der Waals surface area contributed by atoms with Crippen molar-refractivity contribution in [3.8, 4) is 11.9 Å². The lowest BCUT2D eigenvalue weighted by Crippen LogP contribution is -2.25. The van der Waals surface area contributed by atoms with Crippen LogP contribution in [0.5, 0.6) is 11.9 Å². The number of methoxy groups -OCH3 is 2. The van der Waals surface area contributed by atoms with Gasteiger partial charge in [0.05, 0.1) is 19.9 Å². The van der Waals surface area contributed by atoms with E-state index in [1.165, 1.54) is 0 Å². The highest BCUT2D eigenvalue weighted by molar-refractivity contribution is 5.18. The molecule has 0 atom stereocenters. The summed E-state index contributed by atoms with van der Waals surface area (Å²) < 4.78 is 10.2. The van der Waals surface area contributed by atoms with Crippen molar-refractivity contribution < 1.29 is 9.47 Å². The van der Waals surface area contributed by atoms with E-state index >= 15 is 0 Å². The molecule has 0 saturated carbocycles. The van der Waals surface area contributed by atoms with Crippen LogP contribution in [-0.4, -0.2) is 48.7 Å². The standard InChI is InChI=1S/C12H21N3O2/c1-5-15(6-2)8-7-10-9-11(16-3)14-12(13-10)17-4/h9H,5-8H2,1-4H3. The first kappa shape index (κ1) is 13.7. The second kappa shape index (κ2) is 7.06. The van der Waals surface area contributed by atoms with Crippen molar-refractivity contribution >= 4 is 0 Å². The molecule has 0 aliphatic rings. The zero-order valence-electron chi connectivity index (χ0n) is 11.1. The lowest BCUT2D eigenvalue weighted by atomic mass is 10.2. The fourth-order valence-corrected chi connectivity index (χ4v) is 1.59. The minimum atomic E-state index is 0.360. The van der Waals surface area contributed by atoms with Gasteiger partial charge in [0, 0.05) is 19.0 Å². The quantitative estimate of drug-likeness (QED) is 0.719. The van der Waals surface area contributed by atoms with Gasteiger partial charge in [-0.05, 0) is 13.1 Å². The number of hydrogen-bond acceptors (Lipinski definition) is 5.